The topological polar surface area (TPSA) is 64.5 Å². The van der Waals surface area contributed by atoms with Crippen LogP contribution in [0.25, 0.3) is 89.2 Å². The third-order valence-corrected chi connectivity index (χ3v) is 9.43. The van der Waals surface area contributed by atoms with E-state index in [0.29, 0.717) is 17.5 Å². The molecule has 2 heterocycles. The molecule has 7 aromatic carbocycles. The molecule has 246 valence electrons. The van der Waals surface area contributed by atoms with Crippen molar-refractivity contribution in [1.29, 1.82) is 0 Å². The van der Waals surface area contributed by atoms with E-state index in [4.69, 9.17) is 19.9 Å². The van der Waals surface area contributed by atoms with Crippen molar-refractivity contribution in [3.63, 3.8) is 0 Å². The van der Waals surface area contributed by atoms with Crippen molar-refractivity contribution in [3.05, 3.63) is 175 Å². The molecule has 0 spiro atoms. The largest absolute Gasteiger partial charge is 0.239 e. The number of benzene rings is 7. The number of hydrogen-bond acceptors (Lipinski definition) is 5. The van der Waals surface area contributed by atoms with Crippen LogP contribution in [0, 0.1) is 13.8 Å². The molecule has 0 aliphatic carbocycles. The predicted molar refractivity (Wildman–Crippen MR) is 213 cm³/mol. The molecule has 0 aliphatic heterocycles. The lowest BCUT2D eigenvalue weighted by atomic mass is 9.90. The van der Waals surface area contributed by atoms with Crippen LogP contribution in [0.1, 0.15) is 11.5 Å². The van der Waals surface area contributed by atoms with E-state index < -0.39 is 0 Å². The summed E-state index contributed by atoms with van der Waals surface area (Å²) in [7, 11) is 0. The van der Waals surface area contributed by atoms with Gasteiger partial charge in [0.1, 0.15) is 5.82 Å². The highest BCUT2D eigenvalue weighted by atomic mass is 15.0. The highest BCUT2D eigenvalue weighted by molar-refractivity contribution is 6.14. The Bertz CT molecular complexity index is 2680. The van der Waals surface area contributed by atoms with Gasteiger partial charge in [-0.05, 0) is 94.0 Å². The molecule has 0 fully saturated rings. The van der Waals surface area contributed by atoms with Crippen molar-refractivity contribution >= 4 is 21.5 Å². The molecule has 9 rings (SSSR count). The summed E-state index contributed by atoms with van der Waals surface area (Å²) < 4.78 is 0. The first-order valence-corrected chi connectivity index (χ1v) is 17.4. The summed E-state index contributed by atoms with van der Waals surface area (Å²) in [6, 6.07) is 57.1. The Hall–Kier alpha value is -6.85. The van der Waals surface area contributed by atoms with Crippen LogP contribution < -0.4 is 0 Å². The van der Waals surface area contributed by atoms with Gasteiger partial charge in [-0.15, -0.1) is 0 Å². The van der Waals surface area contributed by atoms with Crippen LogP contribution in [-0.2, 0) is 0 Å². The molecule has 52 heavy (non-hydrogen) atoms. The average Bonchev–Trinajstić information content (AvgIpc) is 3.20. The van der Waals surface area contributed by atoms with Crippen molar-refractivity contribution in [2.24, 2.45) is 0 Å². The molecule has 2 aromatic heterocycles. The van der Waals surface area contributed by atoms with Crippen molar-refractivity contribution in [3.8, 4) is 67.7 Å². The Kier molecular flexibility index (Phi) is 7.86. The monoisotopic (exact) mass is 667 g/mol. The molecule has 0 bridgehead atoms. The molecule has 0 aliphatic rings. The highest BCUT2D eigenvalue weighted by Crippen LogP contribution is 2.39. The predicted octanol–water partition coefficient (Wildman–Crippen LogP) is 11.6. The van der Waals surface area contributed by atoms with E-state index in [9.17, 15) is 0 Å². The Morgan fingerprint density at radius 2 is 0.846 bits per heavy atom. The summed E-state index contributed by atoms with van der Waals surface area (Å²) in [5, 5.41) is 4.84. The van der Waals surface area contributed by atoms with E-state index in [1.165, 1.54) is 21.5 Å². The lowest BCUT2D eigenvalue weighted by Crippen LogP contribution is -2.00. The van der Waals surface area contributed by atoms with Crippen molar-refractivity contribution in [2.75, 3.05) is 0 Å². The van der Waals surface area contributed by atoms with Crippen LogP contribution in [-0.4, -0.2) is 24.9 Å². The number of aryl methyl sites for hydroxylation is 2. The highest BCUT2D eigenvalue weighted by Gasteiger charge is 2.17. The van der Waals surface area contributed by atoms with Gasteiger partial charge in [0.2, 0.25) is 0 Å². The van der Waals surface area contributed by atoms with Gasteiger partial charge < -0.3 is 0 Å². The molecule has 0 radical (unpaired) electrons. The van der Waals surface area contributed by atoms with Gasteiger partial charge in [-0.2, -0.15) is 0 Å². The number of rotatable bonds is 6. The van der Waals surface area contributed by atoms with Gasteiger partial charge in [0.25, 0.3) is 0 Å². The van der Waals surface area contributed by atoms with Crippen molar-refractivity contribution in [2.45, 2.75) is 13.8 Å². The lowest BCUT2D eigenvalue weighted by Gasteiger charge is -2.15. The molecule has 0 saturated carbocycles. The van der Waals surface area contributed by atoms with Crippen LogP contribution >= 0.6 is 0 Å². The van der Waals surface area contributed by atoms with Gasteiger partial charge in [-0.3, -0.25) is 0 Å². The second kappa shape index (κ2) is 13.1. The summed E-state index contributed by atoms with van der Waals surface area (Å²) in [4.78, 5) is 24.5. The number of aromatic nitrogens is 5. The summed E-state index contributed by atoms with van der Waals surface area (Å²) >= 11 is 0. The first-order valence-electron chi connectivity index (χ1n) is 17.4. The molecule has 0 unspecified atom stereocenters. The number of hydrogen-bond donors (Lipinski definition) is 0. The summed E-state index contributed by atoms with van der Waals surface area (Å²) in [5.41, 5.74) is 10.0. The van der Waals surface area contributed by atoms with Crippen LogP contribution in [0.15, 0.2) is 164 Å². The van der Waals surface area contributed by atoms with Crippen LogP contribution in [0.5, 0.6) is 0 Å². The Balaban J connectivity index is 1.31. The zero-order valence-electron chi connectivity index (χ0n) is 28.8. The van der Waals surface area contributed by atoms with E-state index in [1.54, 1.807) is 0 Å². The molecule has 9 aromatic rings. The first-order chi connectivity index (χ1) is 25.6. The Labute approximate surface area is 302 Å². The van der Waals surface area contributed by atoms with E-state index in [2.05, 4.69) is 102 Å². The Morgan fingerprint density at radius 1 is 0.327 bits per heavy atom. The molecule has 0 atom stereocenters. The van der Waals surface area contributed by atoms with Crippen molar-refractivity contribution in [1.82, 2.24) is 24.9 Å². The van der Waals surface area contributed by atoms with Crippen LogP contribution in [0.2, 0.25) is 0 Å². The van der Waals surface area contributed by atoms with Gasteiger partial charge in [-0.1, -0.05) is 127 Å². The van der Waals surface area contributed by atoms with Gasteiger partial charge in [0.05, 0.1) is 5.69 Å². The quantitative estimate of drug-likeness (QED) is 0.165. The standard InChI is InChI=1S/C47H33N5/c1-30-24-44(49-31(2)48-30)36-20-13-19-34(25-36)37-26-38(43-29-35-18-9-10-21-40(35)41-22-11-12-23-42(41)43)28-39(27-37)47-51-45(32-14-5-3-6-15-32)50-46(52-47)33-16-7-4-8-17-33/h3-29H,1-2H3. The summed E-state index contributed by atoms with van der Waals surface area (Å²) in [5.74, 6) is 2.62. The number of fused-ring (bicyclic) bond motifs is 3. The molecule has 0 saturated heterocycles. The molecular weight excluding hydrogens is 635 g/mol. The average molecular weight is 668 g/mol. The van der Waals surface area contributed by atoms with Crippen molar-refractivity contribution < 1.29 is 0 Å². The smallest absolute Gasteiger partial charge is 0.164 e. The SMILES string of the molecule is Cc1cc(-c2cccc(-c3cc(-c4nc(-c5ccccc5)nc(-c5ccccc5)n4)cc(-c4cc5ccccc5c5ccccc45)c3)c2)nc(C)n1. The van der Waals surface area contributed by atoms with Crippen LogP contribution in [0.3, 0.4) is 0 Å². The molecular formula is C47H33N5. The second-order valence-corrected chi connectivity index (χ2v) is 13.1. The van der Waals surface area contributed by atoms with E-state index in [-0.39, 0.29) is 0 Å². The maximum Gasteiger partial charge on any atom is 0.164 e. The Morgan fingerprint density at radius 3 is 1.54 bits per heavy atom. The van der Waals surface area contributed by atoms with Crippen LogP contribution in [0.4, 0.5) is 0 Å². The molecule has 5 heteroatoms. The third kappa shape index (κ3) is 5.99. The minimum atomic E-state index is 0.610. The fraction of sp³-hybridized carbons (Fsp3) is 0.0426. The third-order valence-electron chi connectivity index (χ3n) is 9.43. The maximum absolute atomic E-state index is 5.13. The van der Waals surface area contributed by atoms with Gasteiger partial charge >= 0.3 is 0 Å². The maximum atomic E-state index is 5.13. The summed E-state index contributed by atoms with van der Waals surface area (Å²) in [6.07, 6.45) is 0. The van der Waals surface area contributed by atoms with E-state index in [1.807, 2.05) is 80.6 Å². The molecule has 0 N–H and O–H groups in total. The number of nitrogens with zero attached hydrogens (tertiary/aromatic N) is 5. The van der Waals surface area contributed by atoms with Gasteiger partial charge in [0.15, 0.2) is 17.5 Å². The van der Waals surface area contributed by atoms with E-state index >= 15 is 0 Å². The fourth-order valence-electron chi connectivity index (χ4n) is 7.03. The minimum absolute atomic E-state index is 0.610. The summed E-state index contributed by atoms with van der Waals surface area (Å²) in [6.45, 7) is 3.94. The molecule has 0 amide bonds. The van der Waals surface area contributed by atoms with E-state index in [0.717, 1.165) is 61.7 Å². The van der Waals surface area contributed by atoms with Gasteiger partial charge in [-0.25, -0.2) is 24.9 Å². The second-order valence-electron chi connectivity index (χ2n) is 13.1. The van der Waals surface area contributed by atoms with Gasteiger partial charge in [0, 0.05) is 27.9 Å². The zero-order valence-corrected chi connectivity index (χ0v) is 28.8. The first kappa shape index (κ1) is 31.2. The normalized spacial score (nSPS) is 11.3. The fourth-order valence-corrected chi connectivity index (χ4v) is 7.03. The molecule has 5 nitrogen and oxygen atoms in total. The minimum Gasteiger partial charge on any atom is -0.239 e. The lowest BCUT2D eigenvalue weighted by molar-refractivity contribution is 1.02. The zero-order chi connectivity index (χ0) is 35.0.